The molecule has 4 nitrogen and oxygen atoms in total. The van der Waals surface area contributed by atoms with Crippen molar-refractivity contribution < 1.29 is 9.90 Å². The van der Waals surface area contributed by atoms with Crippen LogP contribution in [0.1, 0.15) is 5.69 Å². The van der Waals surface area contributed by atoms with E-state index in [1.807, 2.05) is 0 Å². The number of carboxylic acids is 1. The lowest BCUT2D eigenvalue weighted by Gasteiger charge is -1.85. The Balaban J connectivity index is 2.83. The van der Waals surface area contributed by atoms with Crippen molar-refractivity contribution in [3.05, 3.63) is 23.0 Å². The molecular weight excluding hydrogens is 180 g/mol. The minimum absolute atomic E-state index is 0.472. The van der Waals surface area contributed by atoms with Gasteiger partial charge in [-0.1, -0.05) is 11.6 Å². The van der Waals surface area contributed by atoms with Gasteiger partial charge in [0.1, 0.15) is 5.15 Å². The van der Waals surface area contributed by atoms with Crippen LogP contribution in [0.25, 0.3) is 6.08 Å². The number of rotatable bonds is 2. The van der Waals surface area contributed by atoms with Crippen LogP contribution in [-0.4, -0.2) is 20.9 Å². The van der Waals surface area contributed by atoms with E-state index in [1.165, 1.54) is 10.8 Å². The van der Waals surface area contributed by atoms with E-state index >= 15 is 0 Å². The molecule has 0 aliphatic carbocycles. The Morgan fingerprint density at radius 1 is 1.83 bits per heavy atom. The predicted molar refractivity (Wildman–Crippen MR) is 44.9 cm³/mol. The van der Waals surface area contributed by atoms with E-state index in [1.54, 1.807) is 13.1 Å². The first-order valence-corrected chi connectivity index (χ1v) is 3.58. The summed E-state index contributed by atoms with van der Waals surface area (Å²) in [6.45, 7) is 0. The number of carboxylic acid groups (broad SMARTS) is 1. The zero-order chi connectivity index (χ0) is 9.14. The van der Waals surface area contributed by atoms with E-state index < -0.39 is 5.97 Å². The number of halogens is 1. The number of hydrogen-bond acceptors (Lipinski definition) is 2. The smallest absolute Gasteiger partial charge is 0.328 e. The van der Waals surface area contributed by atoms with Gasteiger partial charge in [0.15, 0.2) is 0 Å². The molecule has 1 rings (SSSR count). The summed E-state index contributed by atoms with van der Waals surface area (Å²) in [5.41, 5.74) is 0.532. The van der Waals surface area contributed by atoms with Gasteiger partial charge in [-0.25, -0.2) is 4.79 Å². The molecule has 0 spiro atoms. The second-order valence-corrected chi connectivity index (χ2v) is 2.57. The maximum absolute atomic E-state index is 10.1. The number of carbonyl (C=O) groups is 1. The fraction of sp³-hybridized carbons (Fsp3) is 0.143. The van der Waals surface area contributed by atoms with Crippen molar-refractivity contribution in [2.45, 2.75) is 0 Å². The fourth-order valence-corrected chi connectivity index (χ4v) is 0.853. The number of aliphatic carboxylic acids is 1. The van der Waals surface area contributed by atoms with Crippen molar-refractivity contribution in [1.29, 1.82) is 0 Å². The Kier molecular flexibility index (Phi) is 2.50. The molecule has 0 fully saturated rings. The minimum atomic E-state index is -1.00. The van der Waals surface area contributed by atoms with Crippen molar-refractivity contribution in [2.24, 2.45) is 7.05 Å². The summed E-state index contributed by atoms with van der Waals surface area (Å²) in [5, 5.41) is 12.7. The maximum Gasteiger partial charge on any atom is 0.328 e. The average molecular weight is 187 g/mol. The van der Waals surface area contributed by atoms with Gasteiger partial charge in [-0.15, -0.1) is 0 Å². The van der Waals surface area contributed by atoms with E-state index in [0.29, 0.717) is 10.8 Å². The first kappa shape index (κ1) is 8.80. The zero-order valence-corrected chi connectivity index (χ0v) is 7.12. The van der Waals surface area contributed by atoms with Crippen LogP contribution in [-0.2, 0) is 11.8 Å². The lowest BCUT2D eigenvalue weighted by Crippen LogP contribution is -1.90. The van der Waals surface area contributed by atoms with Gasteiger partial charge >= 0.3 is 5.97 Å². The van der Waals surface area contributed by atoms with Gasteiger partial charge in [0.05, 0.1) is 5.69 Å². The molecule has 0 aromatic carbocycles. The normalized spacial score (nSPS) is 10.8. The second kappa shape index (κ2) is 3.40. The SMILES string of the molecule is Cn1nc(/C=C/C(=O)O)cc1Cl. The first-order valence-electron chi connectivity index (χ1n) is 3.20. The average Bonchev–Trinajstić information content (AvgIpc) is 2.28. The van der Waals surface area contributed by atoms with Gasteiger partial charge in [0, 0.05) is 19.2 Å². The van der Waals surface area contributed by atoms with Crippen LogP contribution in [0.2, 0.25) is 5.15 Å². The molecule has 0 radical (unpaired) electrons. The molecule has 0 atom stereocenters. The number of nitrogens with zero attached hydrogens (tertiary/aromatic N) is 2. The van der Waals surface area contributed by atoms with Crippen molar-refractivity contribution in [1.82, 2.24) is 9.78 Å². The van der Waals surface area contributed by atoms with Crippen molar-refractivity contribution in [3.63, 3.8) is 0 Å². The van der Waals surface area contributed by atoms with Gasteiger partial charge in [0.2, 0.25) is 0 Å². The Morgan fingerprint density at radius 2 is 2.50 bits per heavy atom. The van der Waals surface area contributed by atoms with Crippen molar-refractivity contribution in [2.75, 3.05) is 0 Å². The van der Waals surface area contributed by atoms with E-state index in [4.69, 9.17) is 16.7 Å². The van der Waals surface area contributed by atoms with Crippen molar-refractivity contribution >= 4 is 23.6 Å². The van der Waals surface area contributed by atoms with Crippen LogP contribution in [0.5, 0.6) is 0 Å². The molecule has 0 amide bonds. The third-order valence-electron chi connectivity index (χ3n) is 1.24. The van der Waals surface area contributed by atoms with Gasteiger partial charge in [-0.05, 0) is 6.08 Å². The molecule has 0 unspecified atom stereocenters. The molecule has 0 bridgehead atoms. The topological polar surface area (TPSA) is 55.1 Å². The highest BCUT2D eigenvalue weighted by molar-refractivity contribution is 6.29. The third-order valence-corrected chi connectivity index (χ3v) is 1.59. The maximum atomic E-state index is 10.1. The predicted octanol–water partition coefficient (Wildman–Crippen LogP) is 1.17. The Labute approximate surface area is 74.1 Å². The molecule has 64 valence electrons. The summed E-state index contributed by atoms with van der Waals surface area (Å²) in [5.74, 6) is -1.00. The van der Waals surface area contributed by atoms with E-state index in [0.717, 1.165) is 6.08 Å². The third kappa shape index (κ3) is 2.10. The molecule has 1 N–H and O–H groups in total. The van der Waals surface area contributed by atoms with Crippen LogP contribution in [0, 0.1) is 0 Å². The highest BCUT2D eigenvalue weighted by Gasteiger charge is 1.98. The van der Waals surface area contributed by atoms with Crippen LogP contribution in [0.15, 0.2) is 12.1 Å². The van der Waals surface area contributed by atoms with Crippen LogP contribution in [0.4, 0.5) is 0 Å². The van der Waals surface area contributed by atoms with Gasteiger partial charge in [0.25, 0.3) is 0 Å². The van der Waals surface area contributed by atoms with Gasteiger partial charge in [-0.3, -0.25) is 4.68 Å². The monoisotopic (exact) mass is 186 g/mol. The molecule has 1 heterocycles. The fourth-order valence-electron chi connectivity index (χ4n) is 0.703. The Hall–Kier alpha value is -1.29. The van der Waals surface area contributed by atoms with Gasteiger partial charge in [-0.2, -0.15) is 5.10 Å². The first-order chi connectivity index (χ1) is 5.59. The van der Waals surface area contributed by atoms with E-state index in [2.05, 4.69) is 5.10 Å². The summed E-state index contributed by atoms with van der Waals surface area (Å²) in [7, 11) is 1.68. The van der Waals surface area contributed by atoms with Crippen LogP contribution < -0.4 is 0 Å². The molecule has 5 heteroatoms. The van der Waals surface area contributed by atoms with Crippen molar-refractivity contribution in [3.8, 4) is 0 Å². The summed E-state index contributed by atoms with van der Waals surface area (Å²) >= 11 is 5.66. The Bertz CT molecular complexity index is 311. The molecule has 0 aliphatic heterocycles. The number of aromatic nitrogens is 2. The summed E-state index contributed by atoms with van der Waals surface area (Å²) in [6, 6.07) is 1.58. The quantitative estimate of drug-likeness (QED) is 0.706. The summed E-state index contributed by atoms with van der Waals surface area (Å²) in [6.07, 6.45) is 2.40. The van der Waals surface area contributed by atoms with Crippen LogP contribution in [0.3, 0.4) is 0 Å². The standard InChI is InChI=1S/C7H7ClN2O2/c1-10-6(8)4-5(9-10)2-3-7(11)12/h2-4H,1H3,(H,11,12)/b3-2+. The largest absolute Gasteiger partial charge is 0.478 e. The zero-order valence-electron chi connectivity index (χ0n) is 6.36. The number of hydrogen-bond donors (Lipinski definition) is 1. The van der Waals surface area contributed by atoms with E-state index in [-0.39, 0.29) is 0 Å². The van der Waals surface area contributed by atoms with Crippen LogP contribution >= 0.6 is 11.6 Å². The molecular formula is C7H7ClN2O2. The van der Waals surface area contributed by atoms with E-state index in [9.17, 15) is 4.79 Å². The lowest BCUT2D eigenvalue weighted by molar-refractivity contribution is -0.131. The number of aryl methyl sites for hydroxylation is 1. The summed E-state index contributed by atoms with van der Waals surface area (Å²) in [4.78, 5) is 10.1. The Morgan fingerprint density at radius 3 is 2.92 bits per heavy atom. The molecule has 1 aromatic heterocycles. The molecule has 0 saturated heterocycles. The highest BCUT2D eigenvalue weighted by Crippen LogP contribution is 2.09. The highest BCUT2D eigenvalue weighted by atomic mass is 35.5. The van der Waals surface area contributed by atoms with Gasteiger partial charge < -0.3 is 5.11 Å². The second-order valence-electron chi connectivity index (χ2n) is 2.19. The molecule has 12 heavy (non-hydrogen) atoms. The molecule has 0 saturated carbocycles. The minimum Gasteiger partial charge on any atom is -0.478 e. The molecule has 0 aliphatic rings. The molecule has 1 aromatic rings. The lowest BCUT2D eigenvalue weighted by atomic mass is 10.4. The summed E-state index contributed by atoms with van der Waals surface area (Å²) < 4.78 is 1.46.